The highest BCUT2D eigenvalue weighted by atomic mass is 16.7. The van der Waals surface area contributed by atoms with Crippen LogP contribution in [-0.2, 0) is 23.7 Å². The van der Waals surface area contributed by atoms with Crippen LogP contribution in [0, 0.1) is 0 Å². The number of allylic oxidation sites excluding steroid dienone is 11. The van der Waals surface area contributed by atoms with E-state index in [9.17, 15) is 45.6 Å². The van der Waals surface area contributed by atoms with E-state index < -0.39 is 86.8 Å². The lowest BCUT2D eigenvalue weighted by atomic mass is 9.97. The molecule has 2 aliphatic heterocycles. The number of hydrogen-bond acceptors (Lipinski definition) is 13. The van der Waals surface area contributed by atoms with Gasteiger partial charge in [-0.25, -0.2) is 0 Å². The zero-order valence-corrected chi connectivity index (χ0v) is 60.0. The largest absolute Gasteiger partial charge is 0.394 e. The maximum atomic E-state index is 13.4. The van der Waals surface area contributed by atoms with E-state index in [1.54, 1.807) is 6.08 Å². The van der Waals surface area contributed by atoms with Gasteiger partial charge in [0.25, 0.3) is 0 Å². The van der Waals surface area contributed by atoms with Gasteiger partial charge in [0.15, 0.2) is 12.6 Å². The summed E-state index contributed by atoms with van der Waals surface area (Å²) in [7, 11) is 0. The number of amides is 1. The highest BCUT2D eigenvalue weighted by Gasteiger charge is 2.51. The molecule has 1 amide bonds. The van der Waals surface area contributed by atoms with Gasteiger partial charge in [-0.3, -0.25) is 4.79 Å². The van der Waals surface area contributed by atoms with Crippen LogP contribution in [0.4, 0.5) is 0 Å². The fraction of sp³-hybridized carbons (Fsp3) is 0.838. The highest BCUT2D eigenvalue weighted by molar-refractivity contribution is 5.76. The van der Waals surface area contributed by atoms with Crippen molar-refractivity contribution < 1.29 is 64.6 Å². The van der Waals surface area contributed by atoms with Crippen LogP contribution in [0.3, 0.4) is 0 Å². The predicted octanol–water partition coefficient (Wildman–Crippen LogP) is 17.4. The Kier molecular flexibility index (Phi) is 59.4. The molecule has 14 heteroatoms. The molecule has 12 unspecified atom stereocenters. The van der Waals surface area contributed by atoms with Crippen LogP contribution >= 0.6 is 0 Å². The summed E-state index contributed by atoms with van der Waals surface area (Å²) in [6.07, 6.45) is 71.4. The first-order chi connectivity index (χ1) is 46.1. The van der Waals surface area contributed by atoms with Crippen LogP contribution in [0.2, 0.25) is 0 Å². The maximum absolute atomic E-state index is 13.4. The van der Waals surface area contributed by atoms with Crippen LogP contribution in [-0.4, -0.2) is 140 Å². The smallest absolute Gasteiger partial charge is 0.220 e. The van der Waals surface area contributed by atoms with Crippen LogP contribution < -0.4 is 5.32 Å². The summed E-state index contributed by atoms with van der Waals surface area (Å²) < 4.78 is 22.9. The summed E-state index contributed by atoms with van der Waals surface area (Å²) >= 11 is 0. The van der Waals surface area contributed by atoms with Crippen molar-refractivity contribution in [3.8, 4) is 0 Å². The second-order valence-electron chi connectivity index (χ2n) is 27.4. The minimum Gasteiger partial charge on any atom is -0.394 e. The zero-order valence-electron chi connectivity index (χ0n) is 60.0. The molecule has 2 fully saturated rings. The Balaban J connectivity index is 1.56. The maximum Gasteiger partial charge on any atom is 0.220 e. The van der Waals surface area contributed by atoms with Crippen molar-refractivity contribution in [3.05, 3.63) is 72.9 Å². The van der Waals surface area contributed by atoms with Crippen LogP contribution in [0.1, 0.15) is 335 Å². The van der Waals surface area contributed by atoms with Gasteiger partial charge >= 0.3 is 0 Å². The first-order valence-electron chi connectivity index (χ1n) is 39.2. The van der Waals surface area contributed by atoms with E-state index in [2.05, 4.69) is 79.9 Å². The third kappa shape index (κ3) is 46.7. The topological polar surface area (TPSA) is 228 Å². The SMILES string of the molecule is CC/C=C\C/C=C\C/C=C\C/C=C\CCCCCCCCCCCCCCCCCCCCCCCCCCCCCCC(=O)NC(COC1OC(CO)C(OC2OC(CO)C(O)C(O)C2O)C(O)C1O)C(O)/C=C/CC/C=C/CCCCCCCCCCCCCCC. The second-order valence-corrected chi connectivity index (χ2v) is 27.4. The van der Waals surface area contributed by atoms with Gasteiger partial charge in [-0.1, -0.05) is 331 Å². The average molecular weight is 1330 g/mol. The Labute approximate surface area is 574 Å². The molecule has 2 saturated heterocycles. The van der Waals surface area contributed by atoms with Gasteiger partial charge in [0, 0.05) is 6.42 Å². The molecule has 548 valence electrons. The normalized spacial score (nSPS) is 22.8. The lowest BCUT2D eigenvalue weighted by molar-refractivity contribution is -0.359. The zero-order chi connectivity index (χ0) is 68.0. The summed E-state index contributed by atoms with van der Waals surface area (Å²) in [6, 6.07) is -0.932. The Morgan fingerprint density at radius 1 is 0.394 bits per heavy atom. The molecule has 0 spiro atoms. The molecule has 94 heavy (non-hydrogen) atoms. The first kappa shape index (κ1) is 87.5. The number of hydrogen-bond donors (Lipinski definition) is 9. The third-order valence-electron chi connectivity index (χ3n) is 18.9. The summed E-state index contributed by atoms with van der Waals surface area (Å²) in [4.78, 5) is 13.4. The Bertz CT molecular complexity index is 1860. The number of unbranched alkanes of at least 4 members (excludes halogenated alkanes) is 42. The lowest BCUT2D eigenvalue weighted by Crippen LogP contribution is -2.65. The minimum absolute atomic E-state index is 0.243. The first-order valence-corrected chi connectivity index (χ1v) is 39.2. The molecule has 0 saturated carbocycles. The summed E-state index contributed by atoms with van der Waals surface area (Å²) in [5.74, 6) is -0.243. The van der Waals surface area contributed by atoms with Crippen molar-refractivity contribution in [1.29, 1.82) is 0 Å². The van der Waals surface area contributed by atoms with Crippen LogP contribution in [0.5, 0.6) is 0 Å². The van der Waals surface area contributed by atoms with Crippen molar-refractivity contribution in [3.63, 3.8) is 0 Å². The van der Waals surface area contributed by atoms with E-state index >= 15 is 0 Å². The number of aliphatic hydroxyl groups excluding tert-OH is 8. The molecular weight excluding hydrogens is 1180 g/mol. The number of carbonyl (C=O) groups excluding carboxylic acids is 1. The molecule has 2 heterocycles. The van der Waals surface area contributed by atoms with Crippen molar-refractivity contribution in [1.82, 2.24) is 5.32 Å². The summed E-state index contributed by atoms with van der Waals surface area (Å²) in [6.45, 7) is 2.71. The molecule has 2 rings (SSSR count). The van der Waals surface area contributed by atoms with Crippen molar-refractivity contribution in [2.45, 2.75) is 408 Å². The van der Waals surface area contributed by atoms with Crippen molar-refractivity contribution in [2.24, 2.45) is 0 Å². The summed E-state index contributed by atoms with van der Waals surface area (Å²) in [5.41, 5.74) is 0. The average Bonchev–Trinajstić information content (AvgIpc) is 0.794. The number of ether oxygens (including phenoxy) is 4. The van der Waals surface area contributed by atoms with Gasteiger partial charge in [-0.05, 0) is 70.6 Å². The molecule has 0 aliphatic carbocycles. The fourth-order valence-corrected chi connectivity index (χ4v) is 12.7. The van der Waals surface area contributed by atoms with Crippen LogP contribution in [0.15, 0.2) is 72.9 Å². The van der Waals surface area contributed by atoms with E-state index in [0.29, 0.717) is 12.8 Å². The van der Waals surface area contributed by atoms with E-state index in [0.717, 1.165) is 57.8 Å². The van der Waals surface area contributed by atoms with Gasteiger partial charge < -0.3 is 65.1 Å². The Morgan fingerprint density at radius 2 is 0.745 bits per heavy atom. The standard InChI is InChI=1S/C80H145NO13/c1-3-5-7-9-11-13-15-17-19-21-23-24-25-26-27-28-29-30-31-32-33-34-35-36-37-38-39-40-41-42-43-44-46-48-50-52-54-56-58-60-62-64-72(85)81-68(69(84)63-61-59-57-55-53-51-49-47-45-22-20-18-16-14-12-10-8-6-4-2)67-91-79-77(90)75(88)78(71(66-83)93-79)94-80-76(89)74(87)73(86)70(65-82)92-80/h5,7,11,13,17,19,23-24,53,55,61,63,68-71,73-80,82-84,86-90H,3-4,6,8-10,12,14-16,18,20-22,25-52,54,56-60,62,64-67H2,1-2H3,(H,81,85)/b7-5-,13-11-,19-17-,24-23-,55-53+,63-61+. The fourth-order valence-electron chi connectivity index (χ4n) is 12.7. The minimum atomic E-state index is -1.79. The van der Waals surface area contributed by atoms with E-state index in [4.69, 9.17) is 18.9 Å². The molecule has 0 aromatic rings. The Hall–Kier alpha value is -2.57. The van der Waals surface area contributed by atoms with E-state index in [-0.39, 0.29) is 18.9 Å². The molecular formula is C80H145NO13. The van der Waals surface area contributed by atoms with Gasteiger partial charge in [-0.2, -0.15) is 0 Å². The highest BCUT2D eigenvalue weighted by Crippen LogP contribution is 2.30. The predicted molar refractivity (Wildman–Crippen MR) is 387 cm³/mol. The number of carbonyl (C=O) groups is 1. The summed E-state index contributed by atoms with van der Waals surface area (Å²) in [5, 5.41) is 87.5. The van der Waals surface area contributed by atoms with Gasteiger partial charge in [-0.15, -0.1) is 0 Å². The molecule has 0 aromatic carbocycles. The molecule has 2 aliphatic rings. The number of aliphatic hydroxyl groups is 8. The lowest BCUT2D eigenvalue weighted by Gasteiger charge is -2.46. The molecule has 14 nitrogen and oxygen atoms in total. The number of rotatable bonds is 65. The van der Waals surface area contributed by atoms with E-state index in [1.165, 1.54) is 244 Å². The van der Waals surface area contributed by atoms with E-state index in [1.807, 2.05) is 6.08 Å². The van der Waals surface area contributed by atoms with Crippen LogP contribution in [0.25, 0.3) is 0 Å². The van der Waals surface area contributed by atoms with Gasteiger partial charge in [0.05, 0.1) is 32.0 Å². The quantitative estimate of drug-likeness (QED) is 0.0204. The molecule has 9 N–H and O–H groups in total. The van der Waals surface area contributed by atoms with Gasteiger partial charge in [0.2, 0.25) is 5.91 Å². The van der Waals surface area contributed by atoms with Gasteiger partial charge in [0.1, 0.15) is 48.8 Å². The number of nitrogens with one attached hydrogen (secondary N) is 1. The molecule has 0 radical (unpaired) electrons. The molecule has 0 bridgehead atoms. The third-order valence-corrected chi connectivity index (χ3v) is 18.9. The Morgan fingerprint density at radius 3 is 1.17 bits per heavy atom. The monoisotopic (exact) mass is 1330 g/mol. The van der Waals surface area contributed by atoms with Crippen molar-refractivity contribution >= 4 is 5.91 Å². The molecule has 12 atom stereocenters. The molecule has 0 aromatic heterocycles. The second kappa shape index (κ2) is 63.8. The van der Waals surface area contributed by atoms with Crippen molar-refractivity contribution in [2.75, 3.05) is 19.8 Å².